The van der Waals surface area contributed by atoms with Crippen LogP contribution in [0.2, 0.25) is 15.1 Å². The molecule has 1 aliphatic heterocycles. The fourth-order valence-electron chi connectivity index (χ4n) is 3.41. The first-order valence-corrected chi connectivity index (χ1v) is 10.7. The zero-order valence-corrected chi connectivity index (χ0v) is 18.5. The van der Waals surface area contributed by atoms with E-state index in [0.29, 0.717) is 27.1 Å². The Morgan fingerprint density at radius 3 is 2.35 bits per heavy atom. The number of halogens is 3. The van der Waals surface area contributed by atoms with Gasteiger partial charge in [-0.3, -0.25) is 9.80 Å². The molecule has 0 saturated heterocycles. The molecule has 0 aromatic heterocycles. The number of carbonyl (C=O) groups is 1. The van der Waals surface area contributed by atoms with Gasteiger partial charge in [0, 0.05) is 22.0 Å². The van der Waals surface area contributed by atoms with Crippen molar-refractivity contribution in [3.05, 3.63) is 92.9 Å². The van der Waals surface area contributed by atoms with Gasteiger partial charge >= 0.3 is 0 Å². The summed E-state index contributed by atoms with van der Waals surface area (Å²) in [5.41, 5.74) is 3.02. The second kappa shape index (κ2) is 9.18. The van der Waals surface area contributed by atoms with Gasteiger partial charge in [-0.05, 0) is 60.2 Å². The van der Waals surface area contributed by atoms with Crippen molar-refractivity contribution < 1.29 is 9.90 Å². The van der Waals surface area contributed by atoms with Crippen molar-refractivity contribution in [2.75, 3.05) is 11.6 Å². The Morgan fingerprint density at radius 2 is 1.68 bits per heavy atom. The van der Waals surface area contributed by atoms with E-state index in [0.717, 1.165) is 17.0 Å². The summed E-state index contributed by atoms with van der Waals surface area (Å²) >= 11 is 18.6. The minimum absolute atomic E-state index is 0.100. The number of phenols is 1. The number of hydrazone groups is 1. The van der Waals surface area contributed by atoms with Crippen molar-refractivity contribution >= 4 is 52.1 Å². The normalized spacial score (nSPS) is 15.6. The number of hydrogen-bond donors (Lipinski definition) is 2. The maximum atomic E-state index is 12.4. The molecule has 0 bridgehead atoms. The third-order valence-electron chi connectivity index (χ3n) is 4.97. The van der Waals surface area contributed by atoms with Crippen LogP contribution in [0.3, 0.4) is 0 Å². The van der Waals surface area contributed by atoms with E-state index in [2.05, 4.69) is 5.32 Å². The van der Waals surface area contributed by atoms with Gasteiger partial charge in [-0.1, -0.05) is 46.9 Å². The van der Waals surface area contributed by atoms with E-state index in [-0.39, 0.29) is 24.2 Å². The topological polar surface area (TPSA) is 64.9 Å². The predicted molar refractivity (Wildman–Crippen MR) is 126 cm³/mol. The molecule has 0 aliphatic carbocycles. The molecular weight excluding hydrogens is 457 g/mol. The zero-order chi connectivity index (χ0) is 22.0. The summed E-state index contributed by atoms with van der Waals surface area (Å²) in [6.07, 6.45) is 0.608. The van der Waals surface area contributed by atoms with Gasteiger partial charge in [0.05, 0.1) is 29.0 Å². The van der Waals surface area contributed by atoms with Crippen LogP contribution in [-0.4, -0.2) is 23.3 Å². The van der Waals surface area contributed by atoms with Gasteiger partial charge in [0.1, 0.15) is 5.75 Å². The summed E-state index contributed by atoms with van der Waals surface area (Å²) in [7, 11) is 0. The molecule has 0 saturated carbocycles. The maximum Gasteiger partial charge on any atom is 0.251 e. The molecule has 1 amide bonds. The highest BCUT2D eigenvalue weighted by atomic mass is 35.5. The molecule has 31 heavy (non-hydrogen) atoms. The van der Waals surface area contributed by atoms with E-state index in [9.17, 15) is 9.90 Å². The van der Waals surface area contributed by atoms with E-state index in [1.165, 1.54) is 12.1 Å². The molecule has 1 aliphatic rings. The van der Waals surface area contributed by atoms with Crippen molar-refractivity contribution in [2.24, 2.45) is 5.10 Å². The number of nitrogens with one attached hydrogen (secondary N) is 1. The number of amides is 1. The predicted octanol–water partition coefficient (Wildman–Crippen LogP) is 6.09. The van der Waals surface area contributed by atoms with Crippen LogP contribution in [0.5, 0.6) is 5.75 Å². The minimum Gasteiger partial charge on any atom is -0.508 e. The van der Waals surface area contributed by atoms with Crippen LogP contribution < -0.4 is 10.3 Å². The van der Waals surface area contributed by atoms with Crippen LogP contribution in [0.15, 0.2) is 71.8 Å². The van der Waals surface area contributed by atoms with Gasteiger partial charge in [-0.2, -0.15) is 5.10 Å². The second-order valence-corrected chi connectivity index (χ2v) is 8.39. The lowest BCUT2D eigenvalue weighted by Gasteiger charge is -2.25. The number of aromatic hydroxyl groups is 1. The Bertz CT molecular complexity index is 1130. The average Bonchev–Trinajstić information content (AvgIpc) is 3.17. The van der Waals surface area contributed by atoms with Crippen LogP contribution in [0.4, 0.5) is 5.69 Å². The molecule has 4 rings (SSSR count). The van der Waals surface area contributed by atoms with Crippen LogP contribution >= 0.6 is 34.8 Å². The number of nitrogens with zero attached hydrogens (tertiary/aromatic N) is 2. The lowest BCUT2D eigenvalue weighted by molar-refractivity contribution is 0.0959. The standard InChI is InChI=1S/C23H18Cl3N3O2/c24-16-5-1-14(2-6-16)22-12-18(13-27-23(31)15-3-8-19(30)9-4-15)28-29(22)21-10-7-17(25)11-20(21)26/h1-11,22,30H,12-13H2,(H,27,31). The Hall–Kier alpha value is -2.73. The molecule has 1 heterocycles. The Balaban J connectivity index is 1.57. The first kappa shape index (κ1) is 21.5. The highest BCUT2D eigenvalue weighted by Gasteiger charge is 2.30. The molecule has 1 unspecified atom stereocenters. The Morgan fingerprint density at radius 1 is 1.00 bits per heavy atom. The summed E-state index contributed by atoms with van der Waals surface area (Å²) < 4.78 is 0. The van der Waals surface area contributed by atoms with Gasteiger partial charge in [-0.15, -0.1) is 0 Å². The van der Waals surface area contributed by atoms with Crippen LogP contribution in [-0.2, 0) is 0 Å². The lowest BCUT2D eigenvalue weighted by Crippen LogP contribution is -2.29. The van der Waals surface area contributed by atoms with Crippen LogP contribution in [0.25, 0.3) is 0 Å². The quantitative estimate of drug-likeness (QED) is 0.470. The molecule has 0 fully saturated rings. The minimum atomic E-state index is -0.242. The van der Waals surface area contributed by atoms with Gasteiger partial charge in [0.2, 0.25) is 0 Å². The fourth-order valence-corrected chi connectivity index (χ4v) is 4.03. The first-order chi connectivity index (χ1) is 14.9. The van der Waals surface area contributed by atoms with E-state index in [4.69, 9.17) is 39.9 Å². The van der Waals surface area contributed by atoms with Crippen molar-refractivity contribution in [1.82, 2.24) is 5.32 Å². The van der Waals surface area contributed by atoms with Crippen molar-refractivity contribution in [3.8, 4) is 5.75 Å². The molecule has 2 N–H and O–H groups in total. The molecule has 8 heteroatoms. The van der Waals surface area contributed by atoms with E-state index in [1.807, 2.05) is 35.3 Å². The lowest BCUT2D eigenvalue weighted by atomic mass is 10.0. The Kier molecular flexibility index (Phi) is 6.37. The van der Waals surface area contributed by atoms with Crippen molar-refractivity contribution in [3.63, 3.8) is 0 Å². The molecule has 3 aromatic rings. The van der Waals surface area contributed by atoms with Crippen LogP contribution in [0.1, 0.15) is 28.4 Å². The summed E-state index contributed by atoms with van der Waals surface area (Å²) in [4.78, 5) is 12.4. The summed E-state index contributed by atoms with van der Waals surface area (Å²) in [6.45, 7) is 0.283. The van der Waals surface area contributed by atoms with E-state index in [1.54, 1.807) is 24.3 Å². The molecule has 3 aromatic carbocycles. The van der Waals surface area contributed by atoms with Crippen molar-refractivity contribution in [2.45, 2.75) is 12.5 Å². The smallest absolute Gasteiger partial charge is 0.251 e. The van der Waals surface area contributed by atoms with Gasteiger partial charge < -0.3 is 10.4 Å². The van der Waals surface area contributed by atoms with E-state index < -0.39 is 0 Å². The van der Waals surface area contributed by atoms with Gasteiger partial charge in [-0.25, -0.2) is 0 Å². The zero-order valence-electron chi connectivity index (χ0n) is 16.2. The second-order valence-electron chi connectivity index (χ2n) is 7.11. The van der Waals surface area contributed by atoms with Crippen LogP contribution in [0, 0.1) is 0 Å². The summed E-state index contributed by atoms with van der Waals surface area (Å²) in [5, 5.41) is 20.6. The van der Waals surface area contributed by atoms with Gasteiger partial charge in [0.25, 0.3) is 5.91 Å². The summed E-state index contributed by atoms with van der Waals surface area (Å²) in [5.74, 6) is -0.133. The highest BCUT2D eigenvalue weighted by Crippen LogP contribution is 2.39. The third kappa shape index (κ3) is 4.96. The number of anilines is 1. The highest BCUT2D eigenvalue weighted by molar-refractivity contribution is 6.36. The maximum absolute atomic E-state index is 12.4. The third-order valence-corrected chi connectivity index (χ3v) is 5.76. The molecule has 158 valence electrons. The molecular formula is C23H18Cl3N3O2. The average molecular weight is 475 g/mol. The fraction of sp³-hybridized carbons (Fsp3) is 0.130. The number of carbonyl (C=O) groups excluding carboxylic acids is 1. The summed E-state index contributed by atoms with van der Waals surface area (Å²) in [6, 6.07) is 18.8. The molecule has 5 nitrogen and oxygen atoms in total. The monoisotopic (exact) mass is 473 g/mol. The molecule has 1 atom stereocenters. The first-order valence-electron chi connectivity index (χ1n) is 9.54. The largest absolute Gasteiger partial charge is 0.508 e. The number of phenolic OH excluding ortho intramolecular Hbond substituents is 1. The van der Waals surface area contributed by atoms with E-state index >= 15 is 0 Å². The van der Waals surface area contributed by atoms with Crippen molar-refractivity contribution in [1.29, 1.82) is 0 Å². The molecule has 0 radical (unpaired) electrons. The number of hydrogen-bond acceptors (Lipinski definition) is 4. The SMILES string of the molecule is O=C(NCC1=NN(c2ccc(Cl)cc2Cl)C(c2ccc(Cl)cc2)C1)c1ccc(O)cc1. The number of benzene rings is 3. The number of rotatable bonds is 5. The van der Waals surface area contributed by atoms with Gasteiger partial charge in [0.15, 0.2) is 0 Å². The Labute approximate surface area is 194 Å². The molecule has 0 spiro atoms.